The molecule has 0 radical (unpaired) electrons. The number of phenolic OH excluding ortho intramolecular Hbond substituents is 1. The van der Waals surface area contributed by atoms with Crippen molar-refractivity contribution in [2.75, 3.05) is 49.8 Å². The summed E-state index contributed by atoms with van der Waals surface area (Å²) in [5.74, 6) is 2.34. The molecule has 99 heavy (non-hydrogen) atoms. The van der Waals surface area contributed by atoms with Gasteiger partial charge in [0.15, 0.2) is 0 Å². The number of rotatable bonds is 12. The van der Waals surface area contributed by atoms with E-state index in [1.807, 2.05) is 130 Å². The van der Waals surface area contributed by atoms with Crippen molar-refractivity contribution in [1.82, 2.24) is 13.7 Å². The van der Waals surface area contributed by atoms with Crippen LogP contribution in [-0.4, -0.2) is 96.7 Å². The minimum absolute atomic E-state index is 0. The van der Waals surface area contributed by atoms with E-state index in [1.165, 1.54) is 12.9 Å². The van der Waals surface area contributed by atoms with Crippen molar-refractivity contribution in [2.24, 2.45) is 5.92 Å². The molecule has 0 amide bonds. The second-order valence-electron chi connectivity index (χ2n) is 23.3. The number of benzene rings is 6. The predicted molar refractivity (Wildman–Crippen MR) is 401 cm³/mol. The molecule has 6 aromatic carbocycles. The number of phenols is 1. The Balaban J connectivity index is 0.000000354. The topological polar surface area (TPSA) is 277 Å². The molecule has 20 nitrogen and oxygen atoms in total. The first-order valence-corrected chi connectivity index (χ1v) is 38.7. The van der Waals surface area contributed by atoms with E-state index in [9.17, 15) is 46.1 Å². The van der Waals surface area contributed by atoms with Crippen LogP contribution in [-0.2, 0) is 59.4 Å². The van der Waals surface area contributed by atoms with Crippen LogP contribution in [0, 0.1) is 46.8 Å². The fraction of sp³-hybridized carbons (Fsp3) is 0.343. The van der Waals surface area contributed by atoms with Crippen molar-refractivity contribution >= 4 is 137 Å². The number of ether oxygens (including phenoxy) is 1. The fourth-order valence-corrected chi connectivity index (χ4v) is 16.5. The molecule has 3 fully saturated rings. The second kappa shape index (κ2) is 39.4. The molecule has 0 saturated carbocycles. The average Bonchev–Trinajstić information content (AvgIpc) is 1.62. The van der Waals surface area contributed by atoms with E-state index < -0.39 is 30.1 Å². The number of nitriles is 3. The number of aromatic hydroxyl groups is 1. The van der Waals surface area contributed by atoms with Crippen LogP contribution in [0.1, 0.15) is 106 Å². The molecule has 0 bridgehead atoms. The summed E-state index contributed by atoms with van der Waals surface area (Å²) in [7, 11) is -9.63. The number of fused-ring (bicyclic) bond motifs is 3. The van der Waals surface area contributed by atoms with Gasteiger partial charge in [0, 0.05) is 67.6 Å². The van der Waals surface area contributed by atoms with Crippen molar-refractivity contribution in [1.29, 1.82) is 15.8 Å². The summed E-state index contributed by atoms with van der Waals surface area (Å²) in [5.41, 5.74) is 12.9. The summed E-state index contributed by atoms with van der Waals surface area (Å²) in [6.45, 7) is 22.1. The Bertz CT molecular complexity index is 4540. The normalized spacial score (nSPS) is 14.3. The van der Waals surface area contributed by atoms with Gasteiger partial charge in [-0.3, -0.25) is 17.7 Å². The maximum absolute atomic E-state index is 12.2. The molecule has 0 aliphatic carbocycles. The van der Waals surface area contributed by atoms with Gasteiger partial charge < -0.3 is 35.1 Å². The smallest absolute Gasteiger partial charge is 1.00 e. The summed E-state index contributed by atoms with van der Waals surface area (Å²) in [6.07, 6.45) is 2.01. The number of aryl methyl sites for hydroxylation is 4. The van der Waals surface area contributed by atoms with E-state index in [2.05, 4.69) is 113 Å². The quantitative estimate of drug-likeness (QED) is 0.0517. The van der Waals surface area contributed by atoms with Crippen molar-refractivity contribution in [3.05, 3.63) is 150 Å². The third kappa shape index (κ3) is 21.1. The first-order chi connectivity index (χ1) is 45.6. The zero-order valence-corrected chi connectivity index (χ0v) is 70.3. The number of hydrogen-bond donors (Lipinski definition) is 1. The van der Waals surface area contributed by atoms with Gasteiger partial charge in [0.25, 0.3) is 6.47 Å². The van der Waals surface area contributed by atoms with Crippen molar-refractivity contribution < 1.29 is 154 Å². The number of nitrogens with zero attached hydrogens (tertiary/aromatic N) is 9. The Morgan fingerprint density at radius 3 is 1.11 bits per heavy atom. The third-order valence-electron chi connectivity index (χ3n) is 15.6. The molecule has 0 unspecified atom stereocenters. The van der Waals surface area contributed by atoms with Crippen molar-refractivity contribution in [3.63, 3.8) is 0 Å². The fourth-order valence-electron chi connectivity index (χ4n) is 11.8. The van der Waals surface area contributed by atoms with Crippen molar-refractivity contribution in [3.8, 4) is 63.5 Å². The number of carbonyl (C=O) groups excluding carboxylic acids is 1. The second-order valence-corrected chi connectivity index (χ2v) is 35.8. The van der Waals surface area contributed by atoms with Crippen LogP contribution >= 0.6 is 47.3 Å². The van der Waals surface area contributed by atoms with E-state index in [0.717, 1.165) is 90.3 Å². The molecule has 3 aliphatic rings. The maximum atomic E-state index is 12.2. The molecular weight excluding hydrogens is 1570 g/mol. The van der Waals surface area contributed by atoms with E-state index >= 15 is 0 Å². The van der Waals surface area contributed by atoms with E-state index in [4.69, 9.17) is 14.8 Å². The molecule has 3 aromatic heterocycles. The predicted octanol–water partition coefficient (Wildman–Crippen LogP) is 9.03. The van der Waals surface area contributed by atoms with Crippen LogP contribution in [0.2, 0.25) is 0 Å². The summed E-state index contributed by atoms with van der Waals surface area (Å²) in [5, 5.41) is 50.4. The first kappa shape index (κ1) is 86.9. The van der Waals surface area contributed by atoms with Crippen molar-refractivity contribution in [2.45, 2.75) is 115 Å². The first-order valence-electron chi connectivity index (χ1n) is 31.1. The van der Waals surface area contributed by atoms with Gasteiger partial charge in [-0.25, -0.2) is 25.3 Å². The minimum atomic E-state index is -3.22. The van der Waals surface area contributed by atoms with Gasteiger partial charge in [-0.15, -0.1) is 47.3 Å². The van der Waals surface area contributed by atoms with Crippen LogP contribution in [0.5, 0.6) is 11.5 Å². The molecule has 6 heterocycles. The van der Waals surface area contributed by atoms with Gasteiger partial charge in [0.2, 0.25) is 30.1 Å². The standard InChI is InChI=1S/C23H25N3O3S.C21H21N3O2S.C20H19N3O3S.C4H10.CH2O3.CH4.BBr3.2K.H/c1-4-25-22-14-19(29-16(2)3)10-11-20(22)21(15-24)23(25)17-6-8-18(9-7-17)26-12-5-13-30(26,27)28;1-3-23-20-13-15(2)5-10-18(20)19(14-22)21(23)16-6-8-17(9-7-16)24-11-4-12-27(24,25)26;1-2-22-19-12-16(24)8-9-17(19)18(13-21)20(22)14-4-6-15(7-5-14)23-10-3-11-27(23,25)26;1-4(2)3;2-1-4-3;;2-1(3)4;;;/h6-11,14,16H,4-5,12-13H2,1-3H3;5-10,13H,3-4,11-12H2,1-2H3;4-9,12,24H,2-3,10-11H2,1H3;4H,1-3H3;1,3H;1H4;;;;/q;;;;;;;2*+1;-1/p-1. The third-order valence-corrected chi connectivity index (χ3v) is 21.2. The molecule has 29 heteroatoms. The van der Waals surface area contributed by atoms with Crippen LogP contribution in [0.25, 0.3) is 66.5 Å². The van der Waals surface area contributed by atoms with Gasteiger partial charge >= 0.3 is 106 Å². The SMILES string of the molecule is BrB(Br)Br.C.CC(C)C.CCn1c(-c2ccc(N3CCCS3(=O)=O)cc2)c(C#N)c2ccc(C)cc21.CCn1c(-c2ccc(N3CCCS3(=O)=O)cc2)c(C#N)c2ccc(O)cc21.CCn1c(-c2ccc(N3CCCS3(=O)=O)cc2)c(C#N)c2ccc(OC(C)C)cc21.O=CO[O-].[H-].[K+].[K+]. The number of hydrogen-bond acceptors (Lipinski definition) is 14. The summed E-state index contributed by atoms with van der Waals surface area (Å²) < 4.78 is 89.7. The molecule has 3 saturated heterocycles. The summed E-state index contributed by atoms with van der Waals surface area (Å²) in [6, 6.07) is 46.2. The number of halogens is 3. The Hall–Kier alpha value is -4.53. The molecule has 3 aliphatic heterocycles. The summed E-state index contributed by atoms with van der Waals surface area (Å²) >= 11 is 9.31. The maximum Gasteiger partial charge on any atom is 1.00 e. The van der Waals surface area contributed by atoms with Gasteiger partial charge in [-0.2, -0.15) is 15.8 Å². The molecule has 0 atom stereocenters. The van der Waals surface area contributed by atoms with Crippen LogP contribution in [0.15, 0.2) is 127 Å². The number of carbonyl (C=O) groups is 1. The monoisotopic (exact) mass is 1650 g/mol. The van der Waals surface area contributed by atoms with Gasteiger partial charge in [-0.1, -0.05) is 76.7 Å². The molecule has 1 N–H and O–H groups in total. The van der Waals surface area contributed by atoms with E-state index in [1.54, 1.807) is 30.3 Å². The molecular formula is C70H81BBr3K2N9O11S3. The van der Waals surface area contributed by atoms with Gasteiger partial charge in [-0.05, 0) is 156 Å². The van der Waals surface area contributed by atoms with Crippen LogP contribution in [0.4, 0.5) is 17.1 Å². The largest absolute Gasteiger partial charge is 1.00 e. The molecule has 0 spiro atoms. The zero-order valence-electron chi connectivity index (χ0n) is 57.8. The Morgan fingerprint density at radius 1 is 0.545 bits per heavy atom. The zero-order chi connectivity index (χ0) is 70.4. The van der Waals surface area contributed by atoms with E-state index in [0.29, 0.717) is 85.7 Å². The number of aromatic nitrogens is 3. The van der Waals surface area contributed by atoms with E-state index in [-0.39, 0.29) is 150 Å². The average molecular weight is 1650 g/mol. The Kier molecular flexibility index (Phi) is 34.6. The van der Waals surface area contributed by atoms with Gasteiger partial charge in [0.1, 0.15) is 29.7 Å². The molecule has 516 valence electrons. The van der Waals surface area contributed by atoms with Gasteiger partial charge in [0.05, 0.1) is 90.7 Å². The number of sulfonamides is 3. The summed E-state index contributed by atoms with van der Waals surface area (Å²) in [4.78, 5) is 11.2. The van der Waals surface area contributed by atoms with Crippen LogP contribution in [0.3, 0.4) is 0 Å². The number of anilines is 3. The van der Waals surface area contributed by atoms with Crippen LogP contribution < -0.4 is 126 Å². The Morgan fingerprint density at radius 2 is 0.838 bits per heavy atom. The molecule has 12 rings (SSSR count). The molecule has 9 aromatic rings. The minimum Gasteiger partial charge on any atom is -1.00 e. The Labute approximate surface area is 694 Å².